The summed E-state index contributed by atoms with van der Waals surface area (Å²) in [5.41, 5.74) is 5.54. The Morgan fingerprint density at radius 2 is 1.91 bits per heavy atom. The number of aromatic nitrogens is 4. The number of anilines is 1. The van der Waals surface area contributed by atoms with Crippen LogP contribution >= 0.6 is 0 Å². The van der Waals surface area contributed by atoms with Crippen molar-refractivity contribution in [2.75, 3.05) is 18.9 Å². The normalized spacial score (nSPS) is 17.9. The molecule has 8 heteroatoms. The molecule has 3 aromatic heterocycles. The Kier molecular flexibility index (Phi) is 6.20. The molecule has 1 fully saturated rings. The highest BCUT2D eigenvalue weighted by Gasteiger charge is 2.28. The van der Waals surface area contributed by atoms with Crippen LogP contribution in [0.15, 0.2) is 55.0 Å². The minimum Gasteiger partial charge on any atom is -0.387 e. The molecule has 35 heavy (non-hydrogen) atoms. The van der Waals surface area contributed by atoms with E-state index in [9.17, 15) is 10.4 Å². The molecular weight excluding hydrogens is 438 g/mol. The zero-order valence-corrected chi connectivity index (χ0v) is 20.2. The fourth-order valence-electron chi connectivity index (χ4n) is 4.87. The van der Waals surface area contributed by atoms with E-state index in [4.69, 9.17) is 0 Å². The van der Waals surface area contributed by atoms with Crippen LogP contribution in [0.2, 0.25) is 0 Å². The molecule has 2 N–H and O–H groups in total. The summed E-state index contributed by atoms with van der Waals surface area (Å²) in [6, 6.07) is 14.3. The lowest BCUT2D eigenvalue weighted by atomic mass is 9.98. The standard InChI is InChI=1S/C27H29N7O/c1-17-6-4-13-34-23(16-29-26(17)34)24-21(14-28)15-30-27(32-24)31-18(2)19-8-10-20(11-9-19)25(35)22-7-5-12-33(22)3/h4,6,8-11,13,15-16,18,22,25,35H,5,7,12H2,1-3H3,(H,30,31,32)/t18-,22?,25?/m0/s1. The minimum atomic E-state index is -0.488. The van der Waals surface area contributed by atoms with Gasteiger partial charge in [-0.1, -0.05) is 30.3 Å². The van der Waals surface area contributed by atoms with Crippen molar-refractivity contribution < 1.29 is 5.11 Å². The van der Waals surface area contributed by atoms with Crippen LogP contribution in [0.5, 0.6) is 0 Å². The Morgan fingerprint density at radius 3 is 2.63 bits per heavy atom. The molecule has 4 heterocycles. The number of imidazole rings is 1. The van der Waals surface area contributed by atoms with Crippen LogP contribution in [0.1, 0.15) is 54.2 Å². The summed E-state index contributed by atoms with van der Waals surface area (Å²) in [5, 5.41) is 23.8. The molecule has 178 valence electrons. The molecule has 1 saturated heterocycles. The number of likely N-dealkylation sites (N-methyl/N-ethyl adjacent to an activating group) is 1. The van der Waals surface area contributed by atoms with Crippen molar-refractivity contribution in [2.45, 2.75) is 44.9 Å². The highest BCUT2D eigenvalue weighted by Crippen LogP contribution is 2.30. The fourth-order valence-corrected chi connectivity index (χ4v) is 4.87. The molecule has 5 rings (SSSR count). The summed E-state index contributed by atoms with van der Waals surface area (Å²) in [6.45, 7) is 5.07. The molecule has 0 bridgehead atoms. The van der Waals surface area contributed by atoms with Crippen LogP contribution in [0.4, 0.5) is 5.95 Å². The van der Waals surface area contributed by atoms with Gasteiger partial charge in [0.05, 0.1) is 35.8 Å². The van der Waals surface area contributed by atoms with Gasteiger partial charge in [0.25, 0.3) is 0 Å². The Labute approximate surface area is 204 Å². The predicted octanol–water partition coefficient (Wildman–Crippen LogP) is 4.27. The maximum atomic E-state index is 10.8. The van der Waals surface area contributed by atoms with E-state index in [1.54, 1.807) is 12.4 Å². The Balaban J connectivity index is 1.37. The number of aliphatic hydroxyl groups excluding tert-OH is 1. The number of benzene rings is 1. The zero-order chi connectivity index (χ0) is 24.5. The second-order valence-electron chi connectivity index (χ2n) is 9.26. The van der Waals surface area contributed by atoms with Gasteiger partial charge in [-0.15, -0.1) is 0 Å². The van der Waals surface area contributed by atoms with Crippen molar-refractivity contribution in [3.63, 3.8) is 0 Å². The minimum absolute atomic E-state index is 0.0689. The molecule has 0 aliphatic carbocycles. The molecule has 0 saturated carbocycles. The van der Waals surface area contributed by atoms with E-state index in [-0.39, 0.29) is 12.1 Å². The van der Waals surface area contributed by atoms with Gasteiger partial charge < -0.3 is 15.3 Å². The number of fused-ring (bicyclic) bond motifs is 1. The first-order chi connectivity index (χ1) is 17.0. The first kappa shape index (κ1) is 23.0. The third-order valence-corrected chi connectivity index (χ3v) is 6.95. The van der Waals surface area contributed by atoms with Gasteiger partial charge in [0, 0.05) is 12.2 Å². The third-order valence-electron chi connectivity index (χ3n) is 6.95. The van der Waals surface area contributed by atoms with Crippen LogP contribution in [0.3, 0.4) is 0 Å². The van der Waals surface area contributed by atoms with Crippen molar-refractivity contribution in [3.8, 4) is 17.5 Å². The number of hydrogen-bond acceptors (Lipinski definition) is 7. The first-order valence-electron chi connectivity index (χ1n) is 11.9. The van der Waals surface area contributed by atoms with Crippen LogP contribution in [0, 0.1) is 18.3 Å². The maximum Gasteiger partial charge on any atom is 0.223 e. The second kappa shape index (κ2) is 9.45. The lowest BCUT2D eigenvalue weighted by Gasteiger charge is -2.25. The SMILES string of the molecule is Cc1cccn2c(-c3nc(N[C@@H](C)c4ccc(C(O)C5CCCN5C)cc4)ncc3C#N)cnc12. The van der Waals surface area contributed by atoms with Crippen molar-refractivity contribution >= 4 is 11.6 Å². The summed E-state index contributed by atoms with van der Waals surface area (Å²) in [4.78, 5) is 15.8. The quantitative estimate of drug-likeness (QED) is 0.436. The molecule has 4 aromatic rings. The second-order valence-corrected chi connectivity index (χ2v) is 9.26. The smallest absolute Gasteiger partial charge is 0.223 e. The van der Waals surface area contributed by atoms with Crippen LogP contribution < -0.4 is 5.32 Å². The highest BCUT2D eigenvalue weighted by atomic mass is 16.3. The molecule has 1 aromatic carbocycles. The topological polar surface area (TPSA) is 102 Å². The summed E-state index contributed by atoms with van der Waals surface area (Å²) >= 11 is 0. The van der Waals surface area contributed by atoms with E-state index in [0.29, 0.717) is 17.2 Å². The van der Waals surface area contributed by atoms with Crippen LogP contribution in [-0.4, -0.2) is 49.0 Å². The molecule has 1 aliphatic heterocycles. The molecule has 8 nitrogen and oxygen atoms in total. The molecule has 3 atom stereocenters. The largest absolute Gasteiger partial charge is 0.387 e. The van der Waals surface area contributed by atoms with E-state index < -0.39 is 6.10 Å². The van der Waals surface area contributed by atoms with E-state index >= 15 is 0 Å². The van der Waals surface area contributed by atoms with Gasteiger partial charge in [-0.25, -0.2) is 15.0 Å². The maximum absolute atomic E-state index is 10.8. The molecule has 0 spiro atoms. The number of aliphatic hydroxyl groups is 1. The highest BCUT2D eigenvalue weighted by molar-refractivity contribution is 5.68. The van der Waals surface area contributed by atoms with E-state index in [1.165, 1.54) is 0 Å². The summed E-state index contributed by atoms with van der Waals surface area (Å²) in [5.74, 6) is 0.436. The summed E-state index contributed by atoms with van der Waals surface area (Å²) in [6.07, 6.45) is 6.86. The zero-order valence-electron chi connectivity index (χ0n) is 20.2. The number of pyridine rings is 1. The lowest BCUT2D eigenvalue weighted by molar-refractivity contribution is 0.0857. The van der Waals surface area contributed by atoms with Gasteiger partial charge in [-0.2, -0.15) is 5.26 Å². The van der Waals surface area contributed by atoms with Gasteiger partial charge in [0.15, 0.2) is 0 Å². The van der Waals surface area contributed by atoms with Crippen LogP contribution in [0.25, 0.3) is 17.0 Å². The first-order valence-corrected chi connectivity index (χ1v) is 11.9. The van der Waals surface area contributed by atoms with E-state index in [1.807, 2.05) is 60.8 Å². The molecule has 0 radical (unpaired) electrons. The number of hydrogen-bond donors (Lipinski definition) is 2. The molecular formula is C27H29N7O. The van der Waals surface area contributed by atoms with Gasteiger partial charge in [0.2, 0.25) is 5.95 Å². The molecule has 0 amide bonds. The Bertz CT molecular complexity index is 1390. The number of nitrogens with one attached hydrogen (secondary N) is 1. The predicted molar refractivity (Wildman–Crippen MR) is 135 cm³/mol. The molecule has 1 aliphatic rings. The van der Waals surface area contributed by atoms with Crippen molar-refractivity contribution in [3.05, 3.63) is 77.2 Å². The summed E-state index contributed by atoms with van der Waals surface area (Å²) < 4.78 is 1.94. The van der Waals surface area contributed by atoms with Gasteiger partial charge in [0.1, 0.15) is 17.4 Å². The van der Waals surface area contributed by atoms with Gasteiger partial charge in [-0.05, 0) is 63.0 Å². The van der Waals surface area contributed by atoms with Crippen molar-refractivity contribution in [2.24, 2.45) is 0 Å². The Morgan fingerprint density at radius 1 is 1.14 bits per heavy atom. The number of rotatable bonds is 6. The van der Waals surface area contributed by atoms with E-state index in [2.05, 4.69) is 38.3 Å². The number of nitrogens with zero attached hydrogens (tertiary/aromatic N) is 6. The van der Waals surface area contributed by atoms with E-state index in [0.717, 1.165) is 47.4 Å². The Hall–Kier alpha value is -3.80. The van der Waals surface area contributed by atoms with Crippen molar-refractivity contribution in [1.29, 1.82) is 5.26 Å². The summed E-state index contributed by atoms with van der Waals surface area (Å²) in [7, 11) is 2.07. The van der Waals surface area contributed by atoms with Gasteiger partial charge in [-0.3, -0.25) is 4.40 Å². The van der Waals surface area contributed by atoms with Crippen LogP contribution in [-0.2, 0) is 0 Å². The monoisotopic (exact) mass is 467 g/mol. The average Bonchev–Trinajstić information content (AvgIpc) is 3.50. The number of aryl methyl sites for hydroxylation is 1. The lowest BCUT2D eigenvalue weighted by Crippen LogP contribution is -2.31. The number of likely N-dealkylation sites (tertiary alicyclic amines) is 1. The third kappa shape index (κ3) is 4.36. The van der Waals surface area contributed by atoms with Gasteiger partial charge >= 0.3 is 0 Å². The molecule has 2 unspecified atom stereocenters. The average molecular weight is 468 g/mol. The van der Waals surface area contributed by atoms with Crippen molar-refractivity contribution in [1.82, 2.24) is 24.3 Å². The fraction of sp³-hybridized carbons (Fsp3) is 0.333. The number of nitriles is 1.